The van der Waals surface area contributed by atoms with E-state index in [1.165, 1.54) is 32.1 Å². The van der Waals surface area contributed by atoms with Crippen molar-refractivity contribution in [3.8, 4) is 0 Å². The number of nitrogens with zero attached hydrogens (tertiary/aromatic N) is 3. The third-order valence-electron chi connectivity index (χ3n) is 3.95. The minimum absolute atomic E-state index is 0.471. The molecule has 0 bridgehead atoms. The second-order valence-corrected chi connectivity index (χ2v) is 6.27. The number of nitrogens with one attached hydrogen (secondary N) is 1. The fourth-order valence-corrected chi connectivity index (χ4v) is 2.56. The van der Waals surface area contributed by atoms with Crippen LogP contribution in [0.25, 0.3) is 0 Å². The van der Waals surface area contributed by atoms with Gasteiger partial charge in [0.15, 0.2) is 0 Å². The lowest BCUT2D eigenvalue weighted by atomic mass is 10.2. The maximum Gasteiger partial charge on any atom is 0.136 e. The summed E-state index contributed by atoms with van der Waals surface area (Å²) in [6, 6.07) is 2.58. The lowest BCUT2D eigenvalue weighted by Gasteiger charge is -2.28. The Kier molecular flexibility index (Phi) is 5.83. The zero-order valence-electron chi connectivity index (χ0n) is 14.0. The highest BCUT2D eigenvalue weighted by molar-refractivity contribution is 5.50. The molecule has 0 spiro atoms. The molecular formula is C17H30N4. The molecule has 1 N–H and O–H groups in total. The van der Waals surface area contributed by atoms with Gasteiger partial charge in [0.25, 0.3) is 0 Å². The van der Waals surface area contributed by atoms with Gasteiger partial charge in [-0.2, -0.15) is 0 Å². The Balaban J connectivity index is 2.20. The van der Waals surface area contributed by atoms with E-state index in [-0.39, 0.29) is 0 Å². The molecule has 0 unspecified atom stereocenters. The molecule has 0 radical (unpaired) electrons. The maximum absolute atomic E-state index is 4.85. The molecule has 118 valence electrons. The molecule has 1 saturated carbocycles. The van der Waals surface area contributed by atoms with E-state index in [1.807, 2.05) is 0 Å². The van der Waals surface area contributed by atoms with Crippen LogP contribution >= 0.6 is 0 Å². The Labute approximate surface area is 129 Å². The van der Waals surface area contributed by atoms with Crippen molar-refractivity contribution in [1.29, 1.82) is 0 Å². The first kappa shape index (κ1) is 16.1. The summed E-state index contributed by atoms with van der Waals surface area (Å²) in [4.78, 5) is 11.9. The van der Waals surface area contributed by atoms with Gasteiger partial charge in [-0.15, -0.1) is 0 Å². The molecule has 1 aromatic rings. The summed E-state index contributed by atoms with van der Waals surface area (Å²) in [5.41, 5.74) is 0. The minimum Gasteiger partial charge on any atom is -0.370 e. The summed E-state index contributed by atoms with van der Waals surface area (Å²) in [5, 5.41) is 3.35. The third kappa shape index (κ3) is 4.58. The number of unbranched alkanes of at least 4 members (excludes halogenated alkanes) is 2. The van der Waals surface area contributed by atoms with E-state index >= 15 is 0 Å². The van der Waals surface area contributed by atoms with Crippen LogP contribution in [0.3, 0.4) is 0 Å². The SMILES string of the molecule is CCCCCN(c1cc(NCC)nc(C2CC2)n1)C(C)C. The number of anilines is 2. The highest BCUT2D eigenvalue weighted by Crippen LogP contribution is 2.39. The molecule has 1 aromatic heterocycles. The van der Waals surface area contributed by atoms with Crippen molar-refractivity contribution in [2.75, 3.05) is 23.3 Å². The number of hydrogen-bond acceptors (Lipinski definition) is 4. The first-order chi connectivity index (χ1) is 10.2. The van der Waals surface area contributed by atoms with Gasteiger partial charge in [-0.25, -0.2) is 9.97 Å². The van der Waals surface area contributed by atoms with E-state index in [1.54, 1.807) is 0 Å². The number of aromatic nitrogens is 2. The Morgan fingerprint density at radius 2 is 2.00 bits per heavy atom. The summed E-state index contributed by atoms with van der Waals surface area (Å²) in [6.45, 7) is 10.8. The van der Waals surface area contributed by atoms with E-state index in [0.717, 1.165) is 30.5 Å². The second kappa shape index (κ2) is 7.62. The fourth-order valence-electron chi connectivity index (χ4n) is 2.56. The summed E-state index contributed by atoms with van der Waals surface area (Å²) in [7, 11) is 0. The van der Waals surface area contributed by atoms with E-state index in [0.29, 0.717) is 12.0 Å². The molecule has 0 aliphatic heterocycles. The lowest BCUT2D eigenvalue weighted by Crippen LogP contribution is -2.33. The van der Waals surface area contributed by atoms with Crippen molar-refractivity contribution >= 4 is 11.6 Å². The van der Waals surface area contributed by atoms with Gasteiger partial charge >= 0.3 is 0 Å². The predicted molar refractivity (Wildman–Crippen MR) is 90.2 cm³/mol. The van der Waals surface area contributed by atoms with Gasteiger partial charge in [0.05, 0.1) is 0 Å². The van der Waals surface area contributed by atoms with Crippen LogP contribution in [-0.4, -0.2) is 29.1 Å². The van der Waals surface area contributed by atoms with Crippen LogP contribution in [0.15, 0.2) is 6.07 Å². The van der Waals surface area contributed by atoms with Gasteiger partial charge in [-0.05, 0) is 40.0 Å². The van der Waals surface area contributed by atoms with Crippen LogP contribution in [0, 0.1) is 0 Å². The van der Waals surface area contributed by atoms with Crippen LogP contribution < -0.4 is 10.2 Å². The van der Waals surface area contributed by atoms with Gasteiger partial charge in [-0.1, -0.05) is 19.8 Å². The fraction of sp³-hybridized carbons (Fsp3) is 0.765. The van der Waals surface area contributed by atoms with E-state index in [9.17, 15) is 0 Å². The predicted octanol–water partition coefficient (Wildman–Crippen LogP) is 4.19. The molecule has 4 nitrogen and oxygen atoms in total. The monoisotopic (exact) mass is 290 g/mol. The number of hydrogen-bond donors (Lipinski definition) is 1. The summed E-state index contributed by atoms with van der Waals surface area (Å²) < 4.78 is 0. The van der Waals surface area contributed by atoms with Crippen LogP contribution in [0.2, 0.25) is 0 Å². The molecule has 2 rings (SSSR count). The van der Waals surface area contributed by atoms with E-state index < -0.39 is 0 Å². The third-order valence-corrected chi connectivity index (χ3v) is 3.95. The standard InChI is InChI=1S/C17H30N4/c1-5-7-8-11-21(13(3)4)16-12-15(18-6-2)19-17(20-16)14-9-10-14/h12-14H,5-11H2,1-4H3,(H,18,19,20). The van der Waals surface area contributed by atoms with Crippen molar-refractivity contribution in [1.82, 2.24) is 9.97 Å². The van der Waals surface area contributed by atoms with Gasteiger partial charge in [-0.3, -0.25) is 0 Å². The highest BCUT2D eigenvalue weighted by Gasteiger charge is 2.28. The molecular weight excluding hydrogens is 260 g/mol. The zero-order chi connectivity index (χ0) is 15.2. The maximum atomic E-state index is 4.85. The average Bonchev–Trinajstić information content (AvgIpc) is 3.28. The van der Waals surface area contributed by atoms with Crippen LogP contribution in [0.4, 0.5) is 11.6 Å². The smallest absolute Gasteiger partial charge is 0.136 e. The Morgan fingerprint density at radius 3 is 2.57 bits per heavy atom. The van der Waals surface area contributed by atoms with Crippen LogP contribution in [-0.2, 0) is 0 Å². The van der Waals surface area contributed by atoms with Gasteiger partial charge in [0.1, 0.15) is 17.5 Å². The van der Waals surface area contributed by atoms with Crippen LogP contribution in [0.1, 0.15) is 71.5 Å². The Morgan fingerprint density at radius 1 is 1.24 bits per heavy atom. The Hall–Kier alpha value is -1.32. The molecule has 0 aromatic carbocycles. The summed E-state index contributed by atoms with van der Waals surface area (Å²) in [5.74, 6) is 3.69. The quantitative estimate of drug-likeness (QED) is 0.692. The first-order valence-corrected chi connectivity index (χ1v) is 8.55. The minimum atomic E-state index is 0.471. The van der Waals surface area contributed by atoms with Gasteiger partial charge in [0, 0.05) is 31.1 Å². The van der Waals surface area contributed by atoms with Crippen molar-refractivity contribution in [3.05, 3.63) is 11.9 Å². The molecule has 0 amide bonds. The summed E-state index contributed by atoms with van der Waals surface area (Å²) >= 11 is 0. The highest BCUT2D eigenvalue weighted by atomic mass is 15.2. The topological polar surface area (TPSA) is 41.0 Å². The lowest BCUT2D eigenvalue weighted by molar-refractivity contribution is 0.617. The average molecular weight is 290 g/mol. The number of rotatable bonds is 9. The summed E-state index contributed by atoms with van der Waals surface area (Å²) in [6.07, 6.45) is 6.25. The molecule has 21 heavy (non-hydrogen) atoms. The normalized spacial score (nSPS) is 14.5. The van der Waals surface area contributed by atoms with E-state index in [4.69, 9.17) is 4.98 Å². The van der Waals surface area contributed by atoms with Gasteiger partial charge in [0.2, 0.25) is 0 Å². The molecule has 1 heterocycles. The van der Waals surface area contributed by atoms with Crippen LogP contribution in [0.5, 0.6) is 0 Å². The molecule has 1 aliphatic carbocycles. The van der Waals surface area contributed by atoms with E-state index in [2.05, 4.69) is 49.0 Å². The molecule has 0 saturated heterocycles. The van der Waals surface area contributed by atoms with Gasteiger partial charge < -0.3 is 10.2 Å². The molecule has 4 heteroatoms. The van der Waals surface area contributed by atoms with Crippen molar-refractivity contribution in [2.45, 2.75) is 71.8 Å². The molecule has 1 aliphatic rings. The van der Waals surface area contributed by atoms with Crippen molar-refractivity contribution in [3.63, 3.8) is 0 Å². The molecule has 0 atom stereocenters. The molecule has 1 fully saturated rings. The zero-order valence-corrected chi connectivity index (χ0v) is 14.0. The largest absolute Gasteiger partial charge is 0.370 e. The second-order valence-electron chi connectivity index (χ2n) is 6.27. The van der Waals surface area contributed by atoms with Crippen molar-refractivity contribution in [2.24, 2.45) is 0 Å². The Bertz CT molecular complexity index is 440. The van der Waals surface area contributed by atoms with Crippen molar-refractivity contribution < 1.29 is 0 Å². The first-order valence-electron chi connectivity index (χ1n) is 8.55.